The zero-order valence-corrected chi connectivity index (χ0v) is 12.2. The summed E-state index contributed by atoms with van der Waals surface area (Å²) < 4.78 is 0. The smallest absolute Gasteiger partial charge is 0.303 e. The molecule has 1 aliphatic carbocycles. The van der Waals surface area contributed by atoms with Crippen LogP contribution in [0, 0.1) is 5.92 Å². The first-order chi connectivity index (χ1) is 9.41. The molecule has 1 saturated carbocycles. The second-order valence-corrected chi connectivity index (χ2v) is 5.48. The highest BCUT2D eigenvalue weighted by molar-refractivity contribution is 5.87. The number of carbonyl (C=O) groups is 3. The number of rotatable bonds is 7. The molecular weight excluding hydrogens is 260 g/mol. The van der Waals surface area contributed by atoms with E-state index in [2.05, 4.69) is 5.32 Å². The maximum atomic E-state index is 12.4. The largest absolute Gasteiger partial charge is 0.481 e. The number of carboxylic acids is 1. The number of hydrogen-bond acceptors (Lipinski definition) is 3. The van der Waals surface area contributed by atoms with Crippen molar-refractivity contribution in [1.82, 2.24) is 10.2 Å². The average Bonchev–Trinajstić information content (AvgIpc) is 2.87. The van der Waals surface area contributed by atoms with Crippen LogP contribution in [0.3, 0.4) is 0 Å². The third kappa shape index (κ3) is 5.19. The molecule has 6 heteroatoms. The second-order valence-electron chi connectivity index (χ2n) is 5.48. The molecule has 1 rings (SSSR count). The van der Waals surface area contributed by atoms with Crippen molar-refractivity contribution in [2.75, 3.05) is 13.6 Å². The molecular formula is C14H24N2O4. The topological polar surface area (TPSA) is 86.7 Å². The summed E-state index contributed by atoms with van der Waals surface area (Å²) in [5.41, 5.74) is 0. The Morgan fingerprint density at radius 1 is 1.30 bits per heavy atom. The van der Waals surface area contributed by atoms with Gasteiger partial charge in [0.25, 0.3) is 0 Å². The van der Waals surface area contributed by atoms with Crippen LogP contribution in [0.25, 0.3) is 0 Å². The average molecular weight is 284 g/mol. The van der Waals surface area contributed by atoms with E-state index in [0.717, 1.165) is 25.7 Å². The number of aliphatic carboxylic acids is 1. The van der Waals surface area contributed by atoms with Crippen LogP contribution in [-0.2, 0) is 14.4 Å². The highest BCUT2D eigenvalue weighted by atomic mass is 16.4. The van der Waals surface area contributed by atoms with Gasteiger partial charge in [-0.1, -0.05) is 12.8 Å². The third-order valence-electron chi connectivity index (χ3n) is 3.76. The van der Waals surface area contributed by atoms with Crippen molar-refractivity contribution in [2.24, 2.45) is 5.92 Å². The summed E-state index contributed by atoms with van der Waals surface area (Å²) in [4.78, 5) is 35.7. The zero-order chi connectivity index (χ0) is 15.1. The van der Waals surface area contributed by atoms with E-state index < -0.39 is 12.0 Å². The minimum absolute atomic E-state index is 0.0475. The molecule has 0 aromatic rings. The molecule has 0 radical (unpaired) electrons. The molecule has 20 heavy (non-hydrogen) atoms. The van der Waals surface area contributed by atoms with Crippen LogP contribution < -0.4 is 5.32 Å². The van der Waals surface area contributed by atoms with Gasteiger partial charge < -0.3 is 15.3 Å². The number of carbonyl (C=O) groups excluding carboxylic acids is 2. The van der Waals surface area contributed by atoms with Gasteiger partial charge in [0, 0.05) is 26.9 Å². The van der Waals surface area contributed by atoms with Gasteiger partial charge in [-0.05, 0) is 25.2 Å². The Hall–Kier alpha value is -1.59. The third-order valence-corrected chi connectivity index (χ3v) is 3.76. The Morgan fingerprint density at radius 3 is 2.40 bits per heavy atom. The van der Waals surface area contributed by atoms with Crippen molar-refractivity contribution in [2.45, 2.75) is 51.5 Å². The van der Waals surface area contributed by atoms with Gasteiger partial charge in [0.05, 0.1) is 0 Å². The van der Waals surface area contributed by atoms with Crippen molar-refractivity contribution in [3.8, 4) is 0 Å². The molecule has 0 spiro atoms. The normalized spacial score (nSPS) is 16.7. The van der Waals surface area contributed by atoms with Gasteiger partial charge in [-0.15, -0.1) is 0 Å². The summed E-state index contributed by atoms with van der Waals surface area (Å²) >= 11 is 0. The summed E-state index contributed by atoms with van der Waals surface area (Å²) in [6, 6.07) is -0.468. The first-order valence-electron chi connectivity index (χ1n) is 7.15. The van der Waals surface area contributed by atoms with E-state index in [9.17, 15) is 14.4 Å². The van der Waals surface area contributed by atoms with Gasteiger partial charge in [0.1, 0.15) is 6.04 Å². The standard InChI is InChI=1S/C14H24N2O4/c1-10(17)15-13(11-6-3-4-7-11)14(20)16(2)9-5-8-12(18)19/h11,13H,3-9H2,1-2H3,(H,15,17)(H,18,19). The Labute approximate surface area is 119 Å². The lowest BCUT2D eigenvalue weighted by molar-refractivity contribution is -0.139. The summed E-state index contributed by atoms with van der Waals surface area (Å²) in [6.45, 7) is 1.81. The molecule has 1 unspecified atom stereocenters. The minimum Gasteiger partial charge on any atom is -0.481 e. The fourth-order valence-corrected chi connectivity index (χ4v) is 2.71. The quantitative estimate of drug-likeness (QED) is 0.730. The van der Waals surface area contributed by atoms with Gasteiger partial charge >= 0.3 is 5.97 Å². The first-order valence-corrected chi connectivity index (χ1v) is 7.15. The molecule has 0 aliphatic heterocycles. The fraction of sp³-hybridized carbons (Fsp3) is 0.786. The van der Waals surface area contributed by atoms with E-state index >= 15 is 0 Å². The summed E-state index contributed by atoms with van der Waals surface area (Å²) in [5.74, 6) is -0.972. The number of amides is 2. The number of nitrogens with zero attached hydrogens (tertiary/aromatic N) is 1. The Morgan fingerprint density at radius 2 is 1.90 bits per heavy atom. The van der Waals surface area contributed by atoms with E-state index in [1.165, 1.54) is 11.8 Å². The fourth-order valence-electron chi connectivity index (χ4n) is 2.71. The predicted molar refractivity (Wildman–Crippen MR) is 74.1 cm³/mol. The molecule has 1 aliphatic rings. The highest BCUT2D eigenvalue weighted by Gasteiger charge is 2.32. The first kappa shape index (κ1) is 16.5. The lowest BCUT2D eigenvalue weighted by Crippen LogP contribution is -2.50. The van der Waals surface area contributed by atoms with Crippen LogP contribution in [0.1, 0.15) is 45.4 Å². The number of nitrogens with one attached hydrogen (secondary N) is 1. The van der Waals surface area contributed by atoms with Crippen molar-refractivity contribution in [3.63, 3.8) is 0 Å². The van der Waals surface area contributed by atoms with Gasteiger partial charge in [0.2, 0.25) is 11.8 Å². The highest BCUT2D eigenvalue weighted by Crippen LogP contribution is 2.28. The molecule has 1 fully saturated rings. The van der Waals surface area contributed by atoms with Crippen LogP contribution in [0.4, 0.5) is 0 Å². The van der Waals surface area contributed by atoms with E-state index in [0.29, 0.717) is 13.0 Å². The number of hydrogen-bond donors (Lipinski definition) is 2. The zero-order valence-electron chi connectivity index (χ0n) is 12.2. The molecule has 0 heterocycles. The molecule has 114 valence electrons. The molecule has 1 atom stereocenters. The monoisotopic (exact) mass is 284 g/mol. The number of carboxylic acid groups (broad SMARTS) is 1. The van der Waals surface area contributed by atoms with E-state index in [4.69, 9.17) is 5.11 Å². The lowest BCUT2D eigenvalue weighted by Gasteiger charge is -2.28. The van der Waals surface area contributed by atoms with Crippen LogP contribution >= 0.6 is 0 Å². The number of likely N-dealkylation sites (N-methyl/N-ethyl adjacent to an activating group) is 1. The molecule has 0 aromatic carbocycles. The Balaban J connectivity index is 2.56. The van der Waals surface area contributed by atoms with Crippen LogP contribution in [0.2, 0.25) is 0 Å². The van der Waals surface area contributed by atoms with Crippen molar-refractivity contribution >= 4 is 17.8 Å². The molecule has 6 nitrogen and oxygen atoms in total. The minimum atomic E-state index is -0.861. The maximum Gasteiger partial charge on any atom is 0.303 e. The summed E-state index contributed by atoms with van der Waals surface area (Å²) in [5, 5.41) is 11.4. The van der Waals surface area contributed by atoms with Crippen molar-refractivity contribution < 1.29 is 19.5 Å². The van der Waals surface area contributed by atoms with Crippen LogP contribution in [0.15, 0.2) is 0 Å². The lowest BCUT2D eigenvalue weighted by atomic mass is 9.96. The van der Waals surface area contributed by atoms with Crippen molar-refractivity contribution in [3.05, 3.63) is 0 Å². The van der Waals surface area contributed by atoms with E-state index in [1.54, 1.807) is 7.05 Å². The predicted octanol–water partition coefficient (Wildman–Crippen LogP) is 1.00. The molecule has 0 aromatic heterocycles. The molecule has 2 N–H and O–H groups in total. The summed E-state index contributed by atoms with van der Waals surface area (Å²) in [7, 11) is 1.66. The molecule has 0 bridgehead atoms. The molecule has 0 saturated heterocycles. The van der Waals surface area contributed by atoms with Crippen molar-refractivity contribution in [1.29, 1.82) is 0 Å². The Kier molecular flexibility index (Phi) is 6.48. The van der Waals surface area contributed by atoms with Gasteiger partial charge in [-0.2, -0.15) is 0 Å². The van der Waals surface area contributed by atoms with E-state index in [1.807, 2.05) is 0 Å². The second kappa shape index (κ2) is 7.87. The van der Waals surface area contributed by atoms with Crippen LogP contribution in [-0.4, -0.2) is 47.4 Å². The summed E-state index contributed by atoms with van der Waals surface area (Å²) in [6.07, 6.45) is 4.58. The van der Waals surface area contributed by atoms with Gasteiger partial charge in [0.15, 0.2) is 0 Å². The Bertz CT molecular complexity index is 364. The van der Waals surface area contributed by atoms with Gasteiger partial charge in [-0.25, -0.2) is 0 Å². The SMILES string of the molecule is CC(=O)NC(C(=O)N(C)CCCC(=O)O)C1CCCC1. The van der Waals surface area contributed by atoms with Crippen LogP contribution in [0.5, 0.6) is 0 Å². The van der Waals surface area contributed by atoms with E-state index in [-0.39, 0.29) is 24.2 Å². The van der Waals surface area contributed by atoms with Gasteiger partial charge in [-0.3, -0.25) is 14.4 Å². The molecule has 2 amide bonds. The maximum absolute atomic E-state index is 12.4.